The standard InChI is InChI=1S/C16H18FNO2/c1-10-13(8-12(9-14(10)17)11-4-5-11)16(15(19)18-20)6-2-3-7-16/h2,6,8-9,11,20H,3-5,7H2,1H3,(H,18,19). The third-order valence-electron chi connectivity index (χ3n) is 4.51. The molecule has 0 saturated heterocycles. The van der Waals surface area contributed by atoms with E-state index >= 15 is 0 Å². The molecular weight excluding hydrogens is 257 g/mol. The summed E-state index contributed by atoms with van der Waals surface area (Å²) in [5.41, 5.74) is 2.94. The van der Waals surface area contributed by atoms with Gasteiger partial charge in [-0.15, -0.1) is 0 Å². The quantitative estimate of drug-likeness (QED) is 0.506. The van der Waals surface area contributed by atoms with Crippen molar-refractivity contribution in [1.29, 1.82) is 0 Å². The van der Waals surface area contributed by atoms with Crippen LogP contribution in [-0.2, 0) is 10.2 Å². The van der Waals surface area contributed by atoms with Gasteiger partial charge >= 0.3 is 0 Å². The van der Waals surface area contributed by atoms with E-state index in [-0.39, 0.29) is 5.82 Å². The zero-order valence-corrected chi connectivity index (χ0v) is 11.4. The maximum atomic E-state index is 14.2. The predicted molar refractivity (Wildman–Crippen MR) is 73.1 cm³/mol. The van der Waals surface area contributed by atoms with Crippen LogP contribution in [0.2, 0.25) is 0 Å². The first-order valence-electron chi connectivity index (χ1n) is 7.01. The van der Waals surface area contributed by atoms with Crippen LogP contribution in [0.1, 0.15) is 48.3 Å². The van der Waals surface area contributed by atoms with Crippen molar-refractivity contribution in [2.75, 3.05) is 0 Å². The number of hydrogen-bond acceptors (Lipinski definition) is 2. The molecule has 2 aliphatic carbocycles. The highest BCUT2D eigenvalue weighted by Crippen LogP contribution is 2.44. The summed E-state index contributed by atoms with van der Waals surface area (Å²) in [5.74, 6) is -0.333. The second-order valence-corrected chi connectivity index (χ2v) is 5.80. The van der Waals surface area contributed by atoms with Gasteiger partial charge in [0.25, 0.3) is 5.91 Å². The Morgan fingerprint density at radius 2 is 2.20 bits per heavy atom. The van der Waals surface area contributed by atoms with E-state index in [4.69, 9.17) is 5.21 Å². The molecule has 1 fully saturated rings. The molecule has 1 aromatic rings. The summed E-state index contributed by atoms with van der Waals surface area (Å²) >= 11 is 0. The largest absolute Gasteiger partial charge is 0.289 e. The van der Waals surface area contributed by atoms with Crippen molar-refractivity contribution in [3.05, 3.63) is 46.8 Å². The van der Waals surface area contributed by atoms with E-state index in [1.54, 1.807) is 24.5 Å². The molecule has 1 saturated carbocycles. The monoisotopic (exact) mass is 275 g/mol. The Kier molecular flexibility index (Phi) is 3.13. The van der Waals surface area contributed by atoms with Crippen LogP contribution in [0.25, 0.3) is 0 Å². The predicted octanol–water partition coefficient (Wildman–Crippen LogP) is 3.10. The third kappa shape index (κ3) is 1.95. The second kappa shape index (κ2) is 4.70. The molecule has 2 N–H and O–H groups in total. The van der Waals surface area contributed by atoms with Crippen molar-refractivity contribution < 1.29 is 14.4 Å². The topological polar surface area (TPSA) is 49.3 Å². The van der Waals surface area contributed by atoms with Crippen LogP contribution in [0.3, 0.4) is 0 Å². The second-order valence-electron chi connectivity index (χ2n) is 5.80. The van der Waals surface area contributed by atoms with Crippen molar-refractivity contribution in [3.63, 3.8) is 0 Å². The molecule has 0 bridgehead atoms. The van der Waals surface area contributed by atoms with Crippen LogP contribution >= 0.6 is 0 Å². The summed E-state index contributed by atoms with van der Waals surface area (Å²) in [6, 6.07) is 3.53. The average Bonchev–Trinajstić information content (AvgIpc) is 3.18. The number of carbonyl (C=O) groups is 1. The molecule has 2 aliphatic rings. The van der Waals surface area contributed by atoms with Crippen molar-refractivity contribution in [1.82, 2.24) is 5.48 Å². The summed E-state index contributed by atoms with van der Waals surface area (Å²) in [6.07, 6.45) is 7.18. The van der Waals surface area contributed by atoms with Crippen LogP contribution in [0.15, 0.2) is 24.3 Å². The van der Waals surface area contributed by atoms with Gasteiger partial charge in [0.2, 0.25) is 0 Å². The molecular formula is C16H18FNO2. The molecule has 0 aromatic heterocycles. The number of halogens is 1. The highest BCUT2D eigenvalue weighted by Gasteiger charge is 2.42. The van der Waals surface area contributed by atoms with E-state index in [1.807, 2.05) is 12.1 Å². The summed E-state index contributed by atoms with van der Waals surface area (Å²) in [4.78, 5) is 12.2. The van der Waals surface area contributed by atoms with Gasteiger partial charge in [-0.2, -0.15) is 0 Å². The smallest absolute Gasteiger partial charge is 0.257 e. The molecule has 1 unspecified atom stereocenters. The lowest BCUT2D eigenvalue weighted by atomic mass is 9.76. The highest BCUT2D eigenvalue weighted by atomic mass is 19.1. The van der Waals surface area contributed by atoms with Gasteiger partial charge < -0.3 is 0 Å². The molecule has 20 heavy (non-hydrogen) atoms. The van der Waals surface area contributed by atoms with Gasteiger partial charge in [-0.1, -0.05) is 18.2 Å². The van der Waals surface area contributed by atoms with Gasteiger partial charge in [-0.3, -0.25) is 10.0 Å². The maximum Gasteiger partial charge on any atom is 0.257 e. The lowest BCUT2D eigenvalue weighted by molar-refractivity contribution is -0.133. The Morgan fingerprint density at radius 1 is 1.45 bits per heavy atom. The molecule has 0 aliphatic heterocycles. The normalized spacial score (nSPS) is 24.9. The molecule has 3 nitrogen and oxygen atoms in total. The first kappa shape index (κ1) is 13.3. The number of nitrogens with one attached hydrogen (secondary N) is 1. The molecule has 0 radical (unpaired) electrons. The number of amides is 1. The van der Waals surface area contributed by atoms with E-state index in [1.165, 1.54) is 0 Å². The Hall–Kier alpha value is -1.68. The van der Waals surface area contributed by atoms with E-state index in [9.17, 15) is 9.18 Å². The lowest BCUT2D eigenvalue weighted by Crippen LogP contribution is -2.41. The van der Waals surface area contributed by atoms with Gasteiger partial charge in [0, 0.05) is 0 Å². The summed E-state index contributed by atoms with van der Waals surface area (Å²) in [7, 11) is 0. The Morgan fingerprint density at radius 3 is 2.75 bits per heavy atom. The zero-order chi connectivity index (χ0) is 14.3. The fourth-order valence-corrected chi connectivity index (χ4v) is 3.13. The molecule has 1 atom stereocenters. The Balaban J connectivity index is 2.15. The fraction of sp³-hybridized carbons (Fsp3) is 0.438. The molecule has 0 spiro atoms. The average molecular weight is 275 g/mol. The number of rotatable bonds is 3. The maximum absolute atomic E-state index is 14.2. The molecule has 0 heterocycles. The number of hydrogen-bond donors (Lipinski definition) is 2. The van der Waals surface area contributed by atoms with Crippen LogP contribution < -0.4 is 5.48 Å². The van der Waals surface area contributed by atoms with Gasteiger partial charge in [0.05, 0.1) is 5.41 Å². The van der Waals surface area contributed by atoms with Crippen LogP contribution in [0.4, 0.5) is 4.39 Å². The molecule has 4 heteroatoms. The Labute approximate surface area is 117 Å². The van der Waals surface area contributed by atoms with Crippen LogP contribution in [0.5, 0.6) is 0 Å². The number of hydroxylamine groups is 1. The van der Waals surface area contributed by atoms with Crippen LogP contribution in [-0.4, -0.2) is 11.1 Å². The van der Waals surface area contributed by atoms with Gasteiger partial charge in [0.15, 0.2) is 0 Å². The van der Waals surface area contributed by atoms with Crippen molar-refractivity contribution in [2.45, 2.75) is 43.9 Å². The van der Waals surface area contributed by atoms with E-state index in [0.717, 1.165) is 24.8 Å². The van der Waals surface area contributed by atoms with Crippen LogP contribution in [0, 0.1) is 12.7 Å². The Bertz CT molecular complexity index is 592. The van der Waals surface area contributed by atoms with Gasteiger partial charge in [0.1, 0.15) is 5.82 Å². The van der Waals surface area contributed by atoms with Crippen molar-refractivity contribution in [3.8, 4) is 0 Å². The first-order valence-corrected chi connectivity index (χ1v) is 7.01. The SMILES string of the molecule is Cc1c(F)cc(C2CC2)cc1C1(C(=O)NO)C=CCC1. The van der Waals surface area contributed by atoms with Gasteiger partial charge in [-0.05, 0) is 61.3 Å². The summed E-state index contributed by atoms with van der Waals surface area (Å²) in [6.45, 7) is 1.69. The molecule has 1 amide bonds. The fourth-order valence-electron chi connectivity index (χ4n) is 3.13. The minimum atomic E-state index is -0.940. The molecule has 1 aromatic carbocycles. The minimum Gasteiger partial charge on any atom is -0.289 e. The van der Waals surface area contributed by atoms with E-state index in [0.29, 0.717) is 23.5 Å². The minimum absolute atomic E-state index is 0.269. The number of allylic oxidation sites excluding steroid dienone is 1. The molecule has 106 valence electrons. The lowest BCUT2D eigenvalue weighted by Gasteiger charge is -2.28. The molecule has 3 rings (SSSR count). The number of carbonyl (C=O) groups excluding carboxylic acids is 1. The zero-order valence-electron chi connectivity index (χ0n) is 11.4. The van der Waals surface area contributed by atoms with E-state index < -0.39 is 11.3 Å². The summed E-state index contributed by atoms with van der Waals surface area (Å²) < 4.78 is 14.2. The highest BCUT2D eigenvalue weighted by molar-refractivity contribution is 5.90. The van der Waals surface area contributed by atoms with E-state index in [2.05, 4.69) is 0 Å². The van der Waals surface area contributed by atoms with Crippen molar-refractivity contribution >= 4 is 5.91 Å². The first-order chi connectivity index (χ1) is 9.58. The third-order valence-corrected chi connectivity index (χ3v) is 4.51. The summed E-state index contributed by atoms with van der Waals surface area (Å²) in [5, 5.41) is 9.05. The van der Waals surface area contributed by atoms with Gasteiger partial charge in [-0.25, -0.2) is 9.87 Å². The van der Waals surface area contributed by atoms with Crippen molar-refractivity contribution in [2.24, 2.45) is 0 Å². The number of benzene rings is 1.